The van der Waals surface area contributed by atoms with Crippen molar-refractivity contribution in [2.45, 2.75) is 24.7 Å². The van der Waals surface area contributed by atoms with Gasteiger partial charge in [0.25, 0.3) is 0 Å². The van der Waals surface area contributed by atoms with Crippen molar-refractivity contribution in [1.29, 1.82) is 0 Å². The number of ether oxygens (including phenoxy) is 2. The highest BCUT2D eigenvalue weighted by molar-refractivity contribution is 6.04. The highest BCUT2D eigenvalue weighted by atomic mass is 16.7. The van der Waals surface area contributed by atoms with E-state index in [1.165, 1.54) is 0 Å². The van der Waals surface area contributed by atoms with Crippen LogP contribution in [0.2, 0.25) is 0 Å². The highest BCUT2D eigenvalue weighted by Crippen LogP contribution is 2.51. The SMILES string of the molecule is O=C1C[C@H](c2ccco2)CC2=C1[C@H](c1ccc3c(c1)OCO3)c1c(ccc3ccccc13)N2. The topological polar surface area (TPSA) is 60.7 Å². The molecule has 1 aliphatic carbocycles. The Morgan fingerprint density at radius 1 is 0.879 bits per heavy atom. The Hall–Kier alpha value is -3.99. The molecule has 162 valence electrons. The molecule has 33 heavy (non-hydrogen) atoms. The Morgan fingerprint density at radius 3 is 2.70 bits per heavy atom. The van der Waals surface area contributed by atoms with Gasteiger partial charge in [0.05, 0.1) is 6.26 Å². The Morgan fingerprint density at radius 2 is 1.79 bits per heavy atom. The Balaban J connectivity index is 1.45. The van der Waals surface area contributed by atoms with Crippen LogP contribution < -0.4 is 14.8 Å². The quantitative estimate of drug-likeness (QED) is 0.411. The van der Waals surface area contributed by atoms with E-state index in [0.29, 0.717) is 6.42 Å². The first-order valence-corrected chi connectivity index (χ1v) is 11.2. The van der Waals surface area contributed by atoms with Gasteiger partial charge in [0, 0.05) is 35.2 Å². The molecule has 0 spiro atoms. The van der Waals surface area contributed by atoms with Crippen LogP contribution >= 0.6 is 0 Å². The molecule has 2 aliphatic heterocycles. The molecule has 7 rings (SSSR count). The number of ketones is 1. The van der Waals surface area contributed by atoms with Crippen LogP contribution in [0.4, 0.5) is 5.69 Å². The molecule has 3 heterocycles. The summed E-state index contributed by atoms with van der Waals surface area (Å²) in [5, 5.41) is 5.93. The van der Waals surface area contributed by atoms with Crippen LogP contribution in [0.15, 0.2) is 88.7 Å². The van der Waals surface area contributed by atoms with E-state index in [1.807, 2.05) is 30.3 Å². The summed E-state index contributed by atoms with van der Waals surface area (Å²) >= 11 is 0. The van der Waals surface area contributed by atoms with Crippen LogP contribution in [0, 0.1) is 0 Å². The Kier molecular flexibility index (Phi) is 3.94. The lowest BCUT2D eigenvalue weighted by atomic mass is 9.71. The molecular formula is C28H21NO4. The molecule has 0 saturated carbocycles. The molecule has 0 unspecified atom stereocenters. The predicted octanol–water partition coefficient (Wildman–Crippen LogP) is 6.12. The van der Waals surface area contributed by atoms with E-state index in [9.17, 15) is 4.79 Å². The molecule has 0 bridgehead atoms. The number of Topliss-reactive ketones (excluding diaryl/α,β-unsaturated/α-hetero) is 1. The maximum absolute atomic E-state index is 13.7. The summed E-state index contributed by atoms with van der Waals surface area (Å²) in [5.74, 6) is 2.35. The van der Waals surface area contributed by atoms with Gasteiger partial charge >= 0.3 is 0 Å². The van der Waals surface area contributed by atoms with E-state index >= 15 is 0 Å². The maximum atomic E-state index is 13.7. The zero-order chi connectivity index (χ0) is 21.9. The van der Waals surface area contributed by atoms with Gasteiger partial charge < -0.3 is 19.2 Å². The summed E-state index contributed by atoms with van der Waals surface area (Å²) < 4.78 is 16.9. The van der Waals surface area contributed by atoms with E-state index in [-0.39, 0.29) is 24.4 Å². The third-order valence-corrected chi connectivity index (χ3v) is 7.02. The van der Waals surface area contributed by atoms with Gasteiger partial charge in [0.2, 0.25) is 6.79 Å². The Labute approximate surface area is 190 Å². The van der Waals surface area contributed by atoms with E-state index in [0.717, 1.165) is 62.5 Å². The van der Waals surface area contributed by atoms with Gasteiger partial charge in [0.15, 0.2) is 17.3 Å². The summed E-state index contributed by atoms with van der Waals surface area (Å²) in [7, 11) is 0. The molecule has 0 saturated heterocycles. The van der Waals surface area contributed by atoms with Crippen molar-refractivity contribution in [3.05, 3.63) is 101 Å². The second-order valence-corrected chi connectivity index (χ2v) is 8.85. The number of carbonyl (C=O) groups is 1. The molecule has 0 amide bonds. The zero-order valence-corrected chi connectivity index (χ0v) is 17.8. The number of nitrogens with one attached hydrogen (secondary N) is 1. The number of hydrogen-bond donors (Lipinski definition) is 1. The van der Waals surface area contributed by atoms with Gasteiger partial charge in [-0.1, -0.05) is 36.4 Å². The lowest BCUT2D eigenvalue weighted by Crippen LogP contribution is -2.29. The molecule has 0 radical (unpaired) electrons. The van der Waals surface area contributed by atoms with E-state index in [1.54, 1.807) is 6.26 Å². The molecular weight excluding hydrogens is 414 g/mol. The molecule has 3 aliphatic rings. The van der Waals surface area contributed by atoms with Crippen molar-refractivity contribution in [3.8, 4) is 11.5 Å². The van der Waals surface area contributed by atoms with E-state index < -0.39 is 0 Å². The summed E-state index contributed by atoms with van der Waals surface area (Å²) in [6, 6.07) is 22.5. The molecule has 2 atom stereocenters. The summed E-state index contributed by atoms with van der Waals surface area (Å²) in [6.45, 7) is 0.224. The minimum absolute atomic E-state index is 0.0400. The molecule has 1 aromatic heterocycles. The lowest BCUT2D eigenvalue weighted by molar-refractivity contribution is -0.116. The van der Waals surface area contributed by atoms with Gasteiger partial charge in [0.1, 0.15) is 5.76 Å². The number of benzene rings is 3. The number of anilines is 1. The first kappa shape index (κ1) is 18.6. The standard InChI is InChI=1S/C28H21NO4/c30-22-13-18(23-6-3-11-31-23)12-21-28(22)26(17-8-10-24-25(14-17)33-15-32-24)27-19-5-2-1-4-16(19)7-9-20(27)29-21/h1-11,14,18,26,29H,12-13,15H2/t18-,26-/m1/s1. The second kappa shape index (κ2) is 7.01. The van der Waals surface area contributed by atoms with Crippen LogP contribution in [0.5, 0.6) is 11.5 Å². The van der Waals surface area contributed by atoms with Crippen LogP contribution in [-0.4, -0.2) is 12.6 Å². The minimum atomic E-state index is -0.179. The zero-order valence-electron chi connectivity index (χ0n) is 17.8. The van der Waals surface area contributed by atoms with Crippen molar-refractivity contribution in [3.63, 3.8) is 0 Å². The van der Waals surface area contributed by atoms with Gasteiger partial charge in [-0.3, -0.25) is 4.79 Å². The van der Waals surface area contributed by atoms with Crippen LogP contribution in [0.3, 0.4) is 0 Å². The third kappa shape index (κ3) is 2.82. The molecule has 0 fully saturated rings. The van der Waals surface area contributed by atoms with Gasteiger partial charge in [-0.25, -0.2) is 0 Å². The van der Waals surface area contributed by atoms with Crippen molar-refractivity contribution < 1.29 is 18.7 Å². The van der Waals surface area contributed by atoms with Gasteiger partial charge in [-0.05, 0) is 58.7 Å². The van der Waals surface area contributed by atoms with Crippen LogP contribution in [0.1, 0.15) is 41.6 Å². The average Bonchev–Trinajstić information content (AvgIpc) is 3.54. The summed E-state index contributed by atoms with van der Waals surface area (Å²) in [6.07, 6.45) is 2.85. The number of carbonyl (C=O) groups excluding carboxylic acids is 1. The molecule has 4 aromatic rings. The first-order valence-electron chi connectivity index (χ1n) is 11.2. The van der Waals surface area contributed by atoms with Crippen molar-refractivity contribution in [2.75, 3.05) is 12.1 Å². The number of furan rings is 1. The second-order valence-electron chi connectivity index (χ2n) is 8.85. The largest absolute Gasteiger partial charge is 0.469 e. The highest BCUT2D eigenvalue weighted by Gasteiger charge is 2.40. The molecule has 5 nitrogen and oxygen atoms in total. The van der Waals surface area contributed by atoms with Crippen molar-refractivity contribution in [1.82, 2.24) is 0 Å². The smallest absolute Gasteiger partial charge is 0.231 e. The summed E-state index contributed by atoms with van der Waals surface area (Å²) in [5.41, 5.74) is 5.05. The fourth-order valence-electron chi connectivity index (χ4n) is 5.56. The number of rotatable bonds is 2. The van der Waals surface area contributed by atoms with Crippen LogP contribution in [0.25, 0.3) is 10.8 Å². The number of fused-ring (bicyclic) bond motifs is 4. The minimum Gasteiger partial charge on any atom is -0.469 e. The maximum Gasteiger partial charge on any atom is 0.231 e. The average molecular weight is 435 g/mol. The molecule has 3 aromatic carbocycles. The van der Waals surface area contributed by atoms with Gasteiger partial charge in [-0.15, -0.1) is 0 Å². The van der Waals surface area contributed by atoms with Crippen LogP contribution in [-0.2, 0) is 4.79 Å². The number of hydrogen-bond acceptors (Lipinski definition) is 5. The predicted molar refractivity (Wildman–Crippen MR) is 125 cm³/mol. The van der Waals surface area contributed by atoms with E-state index in [2.05, 4.69) is 41.7 Å². The third-order valence-electron chi connectivity index (χ3n) is 7.02. The van der Waals surface area contributed by atoms with Crippen molar-refractivity contribution in [2.24, 2.45) is 0 Å². The lowest BCUT2D eigenvalue weighted by Gasteiger charge is -2.37. The summed E-state index contributed by atoms with van der Waals surface area (Å²) in [4.78, 5) is 13.7. The van der Waals surface area contributed by atoms with Gasteiger partial charge in [-0.2, -0.15) is 0 Å². The molecule has 5 heteroatoms. The Bertz CT molecular complexity index is 1450. The normalized spacial score (nSPS) is 21.0. The fourth-order valence-corrected chi connectivity index (χ4v) is 5.56. The monoisotopic (exact) mass is 435 g/mol. The number of allylic oxidation sites excluding steroid dienone is 2. The van der Waals surface area contributed by atoms with E-state index in [4.69, 9.17) is 13.9 Å². The first-order chi connectivity index (χ1) is 16.3. The van der Waals surface area contributed by atoms with Crippen molar-refractivity contribution >= 4 is 22.2 Å². The molecule has 1 N–H and O–H groups in total. The fraction of sp³-hybridized carbons (Fsp3) is 0.179.